The second-order valence-corrected chi connectivity index (χ2v) is 5.95. The van der Waals surface area contributed by atoms with Crippen LogP contribution in [0.1, 0.15) is 49.8 Å². The van der Waals surface area contributed by atoms with Crippen LogP contribution in [-0.2, 0) is 16.1 Å². The van der Waals surface area contributed by atoms with Gasteiger partial charge in [0.05, 0.1) is 12.0 Å². The molecule has 0 aromatic heterocycles. The number of imide groups is 1. The predicted molar refractivity (Wildman–Crippen MR) is 79.1 cm³/mol. The number of rotatable bonds is 4. The quantitative estimate of drug-likeness (QED) is 0.789. The topological polar surface area (TPSA) is 37.4 Å². The number of nitrogens with zero attached hydrogens (tertiary/aromatic N) is 1. The second kappa shape index (κ2) is 5.39. The van der Waals surface area contributed by atoms with Crippen LogP contribution in [0.15, 0.2) is 18.2 Å². The SMILES string of the molecule is CCC1(CC)CC(=O)N(Cc2cc(C)cc(C)c2)C1=O. The van der Waals surface area contributed by atoms with Gasteiger partial charge in [-0.15, -0.1) is 0 Å². The number of amides is 2. The Kier molecular flexibility index (Phi) is 3.98. The molecule has 0 atom stereocenters. The normalized spacial score (nSPS) is 17.9. The molecular weight excluding hydrogens is 250 g/mol. The zero-order valence-electron chi connectivity index (χ0n) is 12.8. The summed E-state index contributed by atoms with van der Waals surface area (Å²) in [5.41, 5.74) is 2.90. The number of likely N-dealkylation sites (tertiary alicyclic amines) is 1. The van der Waals surface area contributed by atoms with Gasteiger partial charge in [0.2, 0.25) is 11.8 Å². The first kappa shape index (κ1) is 14.8. The molecule has 2 rings (SSSR count). The van der Waals surface area contributed by atoms with E-state index in [0.29, 0.717) is 13.0 Å². The molecular formula is C17H23NO2. The Balaban J connectivity index is 2.25. The van der Waals surface area contributed by atoms with Crippen molar-refractivity contribution in [2.75, 3.05) is 0 Å². The summed E-state index contributed by atoms with van der Waals surface area (Å²) in [6, 6.07) is 6.19. The van der Waals surface area contributed by atoms with Crippen molar-refractivity contribution in [1.29, 1.82) is 0 Å². The molecule has 1 fully saturated rings. The Morgan fingerprint density at radius 2 is 1.60 bits per heavy atom. The minimum atomic E-state index is -0.462. The Morgan fingerprint density at radius 1 is 1.05 bits per heavy atom. The maximum absolute atomic E-state index is 12.6. The highest BCUT2D eigenvalue weighted by molar-refractivity contribution is 6.05. The minimum absolute atomic E-state index is 0.00617. The van der Waals surface area contributed by atoms with Gasteiger partial charge in [-0.1, -0.05) is 43.2 Å². The maximum atomic E-state index is 12.6. The Bertz CT molecular complexity index is 524. The molecule has 20 heavy (non-hydrogen) atoms. The molecule has 1 heterocycles. The van der Waals surface area contributed by atoms with Gasteiger partial charge in [-0.2, -0.15) is 0 Å². The van der Waals surface area contributed by atoms with Crippen molar-refractivity contribution in [1.82, 2.24) is 4.90 Å². The number of carbonyl (C=O) groups excluding carboxylic acids is 2. The Labute approximate surface area is 121 Å². The zero-order chi connectivity index (χ0) is 14.9. The largest absolute Gasteiger partial charge is 0.278 e. The van der Waals surface area contributed by atoms with Crippen LogP contribution in [0.4, 0.5) is 0 Å². The van der Waals surface area contributed by atoms with Gasteiger partial charge in [-0.25, -0.2) is 0 Å². The van der Waals surface area contributed by atoms with E-state index in [2.05, 4.69) is 6.07 Å². The summed E-state index contributed by atoms with van der Waals surface area (Å²) >= 11 is 0. The molecule has 1 aliphatic rings. The molecule has 0 N–H and O–H groups in total. The number of benzene rings is 1. The molecule has 0 unspecified atom stereocenters. The smallest absolute Gasteiger partial charge is 0.236 e. The molecule has 0 radical (unpaired) electrons. The summed E-state index contributed by atoms with van der Waals surface area (Å²) in [4.78, 5) is 26.2. The van der Waals surface area contributed by atoms with Gasteiger partial charge in [0.25, 0.3) is 0 Å². The number of hydrogen-bond acceptors (Lipinski definition) is 2. The van der Waals surface area contributed by atoms with Crippen LogP contribution in [-0.4, -0.2) is 16.7 Å². The number of aryl methyl sites for hydroxylation is 2. The van der Waals surface area contributed by atoms with E-state index in [1.807, 2.05) is 39.8 Å². The highest BCUT2D eigenvalue weighted by atomic mass is 16.2. The van der Waals surface area contributed by atoms with Crippen molar-refractivity contribution in [3.63, 3.8) is 0 Å². The third-order valence-corrected chi connectivity index (χ3v) is 4.47. The lowest BCUT2D eigenvalue weighted by atomic mass is 9.81. The predicted octanol–water partition coefficient (Wildman–Crippen LogP) is 3.37. The van der Waals surface area contributed by atoms with E-state index in [1.165, 1.54) is 4.90 Å². The molecule has 0 bridgehead atoms. The lowest BCUT2D eigenvalue weighted by Gasteiger charge is -2.23. The van der Waals surface area contributed by atoms with E-state index in [1.54, 1.807) is 0 Å². The summed E-state index contributed by atoms with van der Waals surface area (Å²) in [6.07, 6.45) is 1.83. The van der Waals surface area contributed by atoms with Crippen LogP contribution < -0.4 is 0 Å². The summed E-state index contributed by atoms with van der Waals surface area (Å²) < 4.78 is 0. The Morgan fingerprint density at radius 3 is 2.05 bits per heavy atom. The molecule has 3 heteroatoms. The molecule has 1 aromatic carbocycles. The Hall–Kier alpha value is -1.64. The molecule has 0 saturated carbocycles. The zero-order valence-corrected chi connectivity index (χ0v) is 12.8. The van der Waals surface area contributed by atoms with E-state index in [4.69, 9.17) is 0 Å². The van der Waals surface area contributed by atoms with E-state index in [0.717, 1.165) is 29.5 Å². The standard InChI is InChI=1S/C17H23NO2/c1-5-17(6-2)10-15(19)18(16(17)20)11-14-8-12(3)7-13(4)9-14/h7-9H,5-6,10-11H2,1-4H3. The first-order valence-corrected chi connectivity index (χ1v) is 7.34. The highest BCUT2D eigenvalue weighted by Gasteiger charge is 2.48. The minimum Gasteiger partial charge on any atom is -0.278 e. The fourth-order valence-corrected chi connectivity index (χ4v) is 3.17. The van der Waals surface area contributed by atoms with Crippen molar-refractivity contribution in [2.45, 2.75) is 53.5 Å². The number of carbonyl (C=O) groups is 2. The second-order valence-electron chi connectivity index (χ2n) is 5.95. The summed E-state index contributed by atoms with van der Waals surface area (Å²) in [5.74, 6) is -0.0236. The average Bonchev–Trinajstić information content (AvgIpc) is 2.62. The summed E-state index contributed by atoms with van der Waals surface area (Å²) in [6.45, 7) is 8.46. The van der Waals surface area contributed by atoms with Crippen LogP contribution >= 0.6 is 0 Å². The van der Waals surface area contributed by atoms with E-state index >= 15 is 0 Å². The molecule has 2 amide bonds. The molecule has 1 aliphatic heterocycles. The maximum Gasteiger partial charge on any atom is 0.236 e. The van der Waals surface area contributed by atoms with Gasteiger partial charge < -0.3 is 0 Å². The molecule has 3 nitrogen and oxygen atoms in total. The highest BCUT2D eigenvalue weighted by Crippen LogP contribution is 2.39. The van der Waals surface area contributed by atoms with Gasteiger partial charge in [0.1, 0.15) is 0 Å². The van der Waals surface area contributed by atoms with Gasteiger partial charge in [-0.3, -0.25) is 14.5 Å². The van der Waals surface area contributed by atoms with Crippen LogP contribution in [0.2, 0.25) is 0 Å². The summed E-state index contributed by atoms with van der Waals surface area (Å²) in [5, 5.41) is 0. The fourth-order valence-electron chi connectivity index (χ4n) is 3.17. The van der Waals surface area contributed by atoms with Crippen LogP contribution in [0.25, 0.3) is 0 Å². The van der Waals surface area contributed by atoms with Crippen LogP contribution in [0.3, 0.4) is 0 Å². The van der Waals surface area contributed by atoms with Crippen LogP contribution in [0.5, 0.6) is 0 Å². The van der Waals surface area contributed by atoms with E-state index < -0.39 is 5.41 Å². The third kappa shape index (κ3) is 2.49. The van der Waals surface area contributed by atoms with Crippen molar-refractivity contribution in [2.24, 2.45) is 5.41 Å². The lowest BCUT2D eigenvalue weighted by Crippen LogP contribution is -2.34. The summed E-state index contributed by atoms with van der Waals surface area (Å²) in [7, 11) is 0. The van der Waals surface area contributed by atoms with E-state index in [-0.39, 0.29) is 11.8 Å². The first-order chi connectivity index (χ1) is 9.41. The van der Waals surface area contributed by atoms with Crippen molar-refractivity contribution in [3.8, 4) is 0 Å². The lowest BCUT2D eigenvalue weighted by molar-refractivity contribution is -0.142. The third-order valence-electron chi connectivity index (χ3n) is 4.47. The van der Waals surface area contributed by atoms with Crippen LogP contribution in [0, 0.1) is 19.3 Å². The van der Waals surface area contributed by atoms with Crippen molar-refractivity contribution in [3.05, 3.63) is 34.9 Å². The molecule has 0 spiro atoms. The average molecular weight is 273 g/mol. The van der Waals surface area contributed by atoms with Crippen molar-refractivity contribution < 1.29 is 9.59 Å². The van der Waals surface area contributed by atoms with Gasteiger partial charge in [-0.05, 0) is 32.3 Å². The molecule has 1 saturated heterocycles. The first-order valence-electron chi connectivity index (χ1n) is 7.34. The van der Waals surface area contributed by atoms with Gasteiger partial charge >= 0.3 is 0 Å². The molecule has 1 aromatic rings. The molecule has 0 aliphatic carbocycles. The van der Waals surface area contributed by atoms with Gasteiger partial charge in [0, 0.05) is 6.42 Å². The van der Waals surface area contributed by atoms with Crippen molar-refractivity contribution >= 4 is 11.8 Å². The number of hydrogen-bond donors (Lipinski definition) is 0. The van der Waals surface area contributed by atoms with Gasteiger partial charge in [0.15, 0.2) is 0 Å². The monoisotopic (exact) mass is 273 g/mol. The van der Waals surface area contributed by atoms with E-state index in [9.17, 15) is 9.59 Å². The fraction of sp³-hybridized carbons (Fsp3) is 0.529. The molecule has 108 valence electrons.